The molecule has 0 spiro atoms. The zero-order valence-corrected chi connectivity index (χ0v) is 36.0. The molecule has 0 saturated heterocycles. The average molecular weight is 813 g/mol. The van der Waals surface area contributed by atoms with Gasteiger partial charge in [0.05, 0.1) is 11.4 Å². The van der Waals surface area contributed by atoms with Crippen molar-refractivity contribution in [1.82, 2.24) is 0 Å². The van der Waals surface area contributed by atoms with Crippen molar-refractivity contribution in [3.63, 3.8) is 0 Å². The Hall–Kier alpha value is -7.70. The standard InChI is InChI=1S/C56H48N2O4/c1-35(2)55(59)61-53-19-11-13-45-47(53)15-9-17-51(45)57(43-27-21-37(5)22-28-43)49-31-25-41(33-39(49)7)42-26-32-50(40(8)34-42)58(44-29-23-38(6)24-30-44)52-18-10-16-48-46(52)14-12-20-54(48)62-56(60)36(3)4/h9-34H,1,3H2,2,4-8H3. The van der Waals surface area contributed by atoms with Crippen LogP contribution in [-0.2, 0) is 9.59 Å². The Bertz CT molecular complexity index is 2850. The van der Waals surface area contributed by atoms with E-state index in [1.807, 2.05) is 48.5 Å². The molecular weight excluding hydrogens is 765 g/mol. The van der Waals surface area contributed by atoms with Gasteiger partial charge in [-0.3, -0.25) is 0 Å². The van der Waals surface area contributed by atoms with Gasteiger partial charge < -0.3 is 19.3 Å². The van der Waals surface area contributed by atoms with E-state index < -0.39 is 11.9 Å². The third kappa shape index (κ3) is 8.11. The summed E-state index contributed by atoms with van der Waals surface area (Å²) in [6.07, 6.45) is 0. The maximum Gasteiger partial charge on any atom is 0.338 e. The van der Waals surface area contributed by atoms with Gasteiger partial charge in [0.25, 0.3) is 0 Å². The molecule has 306 valence electrons. The first-order chi connectivity index (χ1) is 29.9. The second kappa shape index (κ2) is 17.1. The van der Waals surface area contributed by atoms with Crippen LogP contribution in [0.25, 0.3) is 32.7 Å². The Morgan fingerprint density at radius 2 is 0.774 bits per heavy atom. The van der Waals surface area contributed by atoms with Gasteiger partial charge in [-0.2, -0.15) is 0 Å². The van der Waals surface area contributed by atoms with E-state index in [0.717, 1.165) is 77.9 Å². The molecule has 0 N–H and O–H groups in total. The van der Waals surface area contributed by atoms with Crippen LogP contribution >= 0.6 is 0 Å². The van der Waals surface area contributed by atoms with E-state index in [-0.39, 0.29) is 0 Å². The Morgan fingerprint density at radius 1 is 0.419 bits per heavy atom. The summed E-state index contributed by atoms with van der Waals surface area (Å²) < 4.78 is 11.6. The van der Waals surface area contributed by atoms with E-state index in [4.69, 9.17) is 9.47 Å². The molecule has 0 radical (unpaired) electrons. The van der Waals surface area contributed by atoms with Crippen LogP contribution in [0.4, 0.5) is 34.1 Å². The third-order valence-corrected chi connectivity index (χ3v) is 11.1. The largest absolute Gasteiger partial charge is 0.423 e. The SMILES string of the molecule is C=C(C)C(=O)Oc1cccc2c(N(c3ccc(C)cc3)c3ccc(-c4ccc(N(c5ccc(C)cc5)c5cccc6c(OC(=O)C(=C)C)cccc56)c(C)c4)cc3C)cccc12. The van der Waals surface area contributed by atoms with E-state index >= 15 is 0 Å². The second-order valence-electron chi connectivity index (χ2n) is 15.9. The summed E-state index contributed by atoms with van der Waals surface area (Å²) in [6.45, 7) is 19.3. The predicted molar refractivity (Wildman–Crippen MR) is 256 cm³/mol. The normalized spacial score (nSPS) is 11.0. The van der Waals surface area contributed by atoms with Gasteiger partial charge in [0, 0.05) is 55.4 Å². The molecule has 0 bridgehead atoms. The van der Waals surface area contributed by atoms with E-state index in [1.54, 1.807) is 13.8 Å². The number of fused-ring (bicyclic) bond motifs is 2. The number of hydrogen-bond acceptors (Lipinski definition) is 6. The average Bonchev–Trinajstić information content (AvgIpc) is 3.26. The van der Waals surface area contributed by atoms with Crippen molar-refractivity contribution in [3.05, 3.63) is 204 Å². The summed E-state index contributed by atoms with van der Waals surface area (Å²) in [5.41, 5.74) is 13.4. The van der Waals surface area contributed by atoms with E-state index in [2.05, 4.69) is 160 Å². The third-order valence-electron chi connectivity index (χ3n) is 11.1. The van der Waals surface area contributed by atoms with Crippen molar-refractivity contribution in [2.75, 3.05) is 9.80 Å². The van der Waals surface area contributed by atoms with Crippen molar-refractivity contribution in [2.45, 2.75) is 41.5 Å². The maximum atomic E-state index is 12.6. The summed E-state index contributed by atoms with van der Waals surface area (Å²) in [5, 5.41) is 3.55. The van der Waals surface area contributed by atoms with Crippen molar-refractivity contribution in [1.29, 1.82) is 0 Å². The van der Waals surface area contributed by atoms with Crippen molar-refractivity contribution in [2.24, 2.45) is 0 Å². The fourth-order valence-corrected chi connectivity index (χ4v) is 7.85. The van der Waals surface area contributed by atoms with Gasteiger partial charge in [-0.05, 0) is 137 Å². The van der Waals surface area contributed by atoms with Crippen LogP contribution in [0, 0.1) is 27.7 Å². The maximum absolute atomic E-state index is 12.6. The minimum absolute atomic E-state index is 0.340. The number of anilines is 6. The highest BCUT2D eigenvalue weighted by Gasteiger charge is 2.22. The number of hydrogen-bond donors (Lipinski definition) is 0. The molecule has 62 heavy (non-hydrogen) atoms. The molecule has 0 atom stereocenters. The van der Waals surface area contributed by atoms with Gasteiger partial charge in [-0.1, -0.05) is 109 Å². The topological polar surface area (TPSA) is 59.1 Å². The first kappa shape index (κ1) is 41.1. The van der Waals surface area contributed by atoms with E-state index in [9.17, 15) is 9.59 Å². The quantitative estimate of drug-likeness (QED) is 0.0736. The van der Waals surface area contributed by atoms with Crippen LogP contribution in [0.2, 0.25) is 0 Å². The van der Waals surface area contributed by atoms with Gasteiger partial charge in [-0.25, -0.2) is 9.59 Å². The molecule has 0 aliphatic carbocycles. The molecule has 0 aromatic heterocycles. The minimum Gasteiger partial charge on any atom is -0.423 e. The van der Waals surface area contributed by atoms with Gasteiger partial charge in [0.15, 0.2) is 0 Å². The lowest BCUT2D eigenvalue weighted by Crippen LogP contribution is -2.13. The van der Waals surface area contributed by atoms with Crippen LogP contribution in [0.15, 0.2) is 182 Å². The number of carbonyl (C=O) groups is 2. The molecule has 8 rings (SSSR count). The van der Waals surface area contributed by atoms with Crippen LogP contribution < -0.4 is 19.3 Å². The molecule has 0 fully saturated rings. The van der Waals surface area contributed by atoms with E-state index in [0.29, 0.717) is 22.6 Å². The smallest absolute Gasteiger partial charge is 0.338 e. The van der Waals surface area contributed by atoms with Gasteiger partial charge in [-0.15, -0.1) is 0 Å². The number of carbonyl (C=O) groups excluding carboxylic acids is 2. The van der Waals surface area contributed by atoms with E-state index in [1.165, 1.54) is 11.1 Å². The molecule has 0 saturated carbocycles. The molecule has 0 aliphatic rings. The zero-order chi connectivity index (χ0) is 43.7. The molecular formula is C56H48N2O4. The Kier molecular flexibility index (Phi) is 11.3. The fraction of sp³-hybridized carbons (Fsp3) is 0.107. The van der Waals surface area contributed by atoms with Gasteiger partial charge in [0.2, 0.25) is 0 Å². The Labute approximate surface area is 363 Å². The molecule has 6 nitrogen and oxygen atoms in total. The summed E-state index contributed by atoms with van der Waals surface area (Å²) in [5.74, 6) is 0.0632. The zero-order valence-electron chi connectivity index (χ0n) is 36.0. The van der Waals surface area contributed by atoms with Gasteiger partial charge >= 0.3 is 11.9 Å². The Balaban J connectivity index is 1.20. The molecule has 6 heteroatoms. The van der Waals surface area contributed by atoms with Gasteiger partial charge in [0.1, 0.15) is 11.5 Å². The molecule has 8 aromatic rings. The predicted octanol–water partition coefficient (Wildman–Crippen LogP) is 14.8. The second-order valence-corrected chi connectivity index (χ2v) is 15.9. The number of nitrogens with zero attached hydrogens (tertiary/aromatic N) is 2. The lowest BCUT2D eigenvalue weighted by Gasteiger charge is -2.29. The first-order valence-corrected chi connectivity index (χ1v) is 20.6. The minimum atomic E-state index is -0.457. The highest BCUT2D eigenvalue weighted by Crippen LogP contribution is 2.45. The molecule has 0 heterocycles. The van der Waals surface area contributed by atoms with Crippen LogP contribution in [0.5, 0.6) is 11.5 Å². The molecule has 0 unspecified atom stereocenters. The number of ether oxygens (including phenoxy) is 2. The number of esters is 2. The van der Waals surface area contributed by atoms with Crippen molar-refractivity contribution >= 4 is 67.6 Å². The number of benzene rings is 8. The number of aryl methyl sites for hydroxylation is 4. The number of rotatable bonds is 11. The van der Waals surface area contributed by atoms with Crippen LogP contribution in [0.1, 0.15) is 36.1 Å². The summed E-state index contributed by atoms with van der Waals surface area (Å²) >= 11 is 0. The molecule has 8 aromatic carbocycles. The molecule has 0 amide bonds. The molecule has 0 aliphatic heterocycles. The highest BCUT2D eigenvalue weighted by atomic mass is 16.5. The highest BCUT2D eigenvalue weighted by molar-refractivity contribution is 6.05. The monoisotopic (exact) mass is 812 g/mol. The lowest BCUT2D eigenvalue weighted by atomic mass is 9.97. The van der Waals surface area contributed by atoms with Crippen molar-refractivity contribution in [3.8, 4) is 22.6 Å². The fourth-order valence-electron chi connectivity index (χ4n) is 7.85. The first-order valence-electron chi connectivity index (χ1n) is 20.6. The summed E-state index contributed by atoms with van der Waals surface area (Å²) in [4.78, 5) is 29.8. The van der Waals surface area contributed by atoms with Crippen LogP contribution in [0.3, 0.4) is 0 Å². The lowest BCUT2D eigenvalue weighted by molar-refractivity contribution is -0.130. The summed E-state index contributed by atoms with van der Waals surface area (Å²) in [7, 11) is 0. The van der Waals surface area contributed by atoms with Crippen LogP contribution in [-0.4, -0.2) is 11.9 Å². The Morgan fingerprint density at radius 3 is 1.13 bits per heavy atom. The van der Waals surface area contributed by atoms with Crippen molar-refractivity contribution < 1.29 is 19.1 Å². The summed E-state index contributed by atoms with van der Waals surface area (Å²) in [6, 6.07) is 54.0.